The van der Waals surface area contributed by atoms with Crippen LogP contribution in [0.25, 0.3) is 11.3 Å². The number of nitrogens with one attached hydrogen (secondary N) is 3. The molecule has 0 aliphatic carbocycles. The number of pyridine rings is 1. The van der Waals surface area contributed by atoms with Crippen molar-refractivity contribution in [1.29, 1.82) is 0 Å². The number of allylic oxidation sites excluding steroid dienone is 2. The molecule has 3 aromatic rings. The normalized spacial score (nSPS) is 13.1. The highest BCUT2D eigenvalue weighted by atomic mass is 16.2. The third-order valence-corrected chi connectivity index (χ3v) is 4.75. The molecule has 1 aliphatic heterocycles. The van der Waals surface area contributed by atoms with Gasteiger partial charge in [0.25, 0.3) is 0 Å². The van der Waals surface area contributed by atoms with Gasteiger partial charge in [-0.05, 0) is 24.6 Å². The molecule has 0 bridgehead atoms. The van der Waals surface area contributed by atoms with Gasteiger partial charge in [0.2, 0.25) is 0 Å². The Bertz CT molecular complexity index is 1060. The second kappa shape index (κ2) is 9.09. The summed E-state index contributed by atoms with van der Waals surface area (Å²) in [5, 5.41) is 6.34. The van der Waals surface area contributed by atoms with Crippen LogP contribution in [-0.4, -0.2) is 39.0 Å². The summed E-state index contributed by atoms with van der Waals surface area (Å²) in [7, 11) is 0. The monoisotopic (exact) mass is 400 g/mol. The number of aromatic nitrogens is 3. The lowest BCUT2D eigenvalue weighted by molar-refractivity contribution is 0.231. The van der Waals surface area contributed by atoms with Gasteiger partial charge in [0.15, 0.2) is 5.82 Å². The summed E-state index contributed by atoms with van der Waals surface area (Å²) in [6.07, 6.45) is 10.0. The number of aromatic amines is 1. The van der Waals surface area contributed by atoms with Crippen LogP contribution in [0.2, 0.25) is 0 Å². The van der Waals surface area contributed by atoms with E-state index in [2.05, 4.69) is 20.6 Å². The van der Waals surface area contributed by atoms with E-state index in [-0.39, 0.29) is 6.03 Å². The molecule has 3 heterocycles. The number of anilines is 2. The number of H-pyrrole nitrogens is 1. The molecule has 1 aliphatic rings. The van der Waals surface area contributed by atoms with E-state index < -0.39 is 0 Å². The van der Waals surface area contributed by atoms with E-state index in [0.717, 1.165) is 28.9 Å². The predicted octanol–water partition coefficient (Wildman–Crippen LogP) is 4.43. The maximum atomic E-state index is 12.7. The number of carbonyl (C=O) groups is 1. The molecule has 0 spiro atoms. The molecule has 0 unspecified atom stereocenters. The van der Waals surface area contributed by atoms with Crippen molar-refractivity contribution in [3.8, 4) is 11.3 Å². The van der Waals surface area contributed by atoms with Gasteiger partial charge in [-0.15, -0.1) is 0 Å². The van der Waals surface area contributed by atoms with Gasteiger partial charge < -0.3 is 15.6 Å². The highest BCUT2D eigenvalue weighted by Crippen LogP contribution is 2.26. The summed E-state index contributed by atoms with van der Waals surface area (Å²) < 4.78 is 0. The molecule has 2 aromatic heterocycles. The fourth-order valence-corrected chi connectivity index (χ4v) is 3.22. The van der Waals surface area contributed by atoms with E-state index in [4.69, 9.17) is 4.98 Å². The molecule has 0 saturated carbocycles. The van der Waals surface area contributed by atoms with Gasteiger partial charge in [-0.3, -0.25) is 4.90 Å². The van der Waals surface area contributed by atoms with Gasteiger partial charge in [-0.1, -0.05) is 42.5 Å². The summed E-state index contributed by atoms with van der Waals surface area (Å²) in [6.45, 7) is 3.16. The summed E-state index contributed by atoms with van der Waals surface area (Å²) >= 11 is 0. The zero-order valence-electron chi connectivity index (χ0n) is 16.8. The Morgan fingerprint density at radius 1 is 1.20 bits per heavy atom. The Balaban J connectivity index is 1.54. The second-order valence-corrected chi connectivity index (χ2v) is 7.07. The van der Waals surface area contributed by atoms with Crippen molar-refractivity contribution in [3.05, 3.63) is 84.6 Å². The fraction of sp³-hybridized carbons (Fsp3) is 0.174. The van der Waals surface area contributed by atoms with Crippen LogP contribution in [0.4, 0.5) is 16.3 Å². The minimum atomic E-state index is -0.190. The zero-order chi connectivity index (χ0) is 20.8. The summed E-state index contributed by atoms with van der Waals surface area (Å²) in [5.74, 6) is 0.637. The van der Waals surface area contributed by atoms with Crippen molar-refractivity contribution in [2.24, 2.45) is 0 Å². The second-order valence-electron chi connectivity index (χ2n) is 7.07. The van der Waals surface area contributed by atoms with Gasteiger partial charge in [0, 0.05) is 43.2 Å². The van der Waals surface area contributed by atoms with Gasteiger partial charge in [-0.25, -0.2) is 14.8 Å². The number of carbonyl (C=O) groups excluding carboxylic acids is 1. The van der Waals surface area contributed by atoms with E-state index in [0.29, 0.717) is 24.6 Å². The van der Waals surface area contributed by atoms with E-state index in [1.54, 1.807) is 17.4 Å². The summed E-state index contributed by atoms with van der Waals surface area (Å²) in [6, 6.07) is 13.6. The lowest BCUT2D eigenvalue weighted by Gasteiger charge is -2.22. The predicted molar refractivity (Wildman–Crippen MR) is 119 cm³/mol. The van der Waals surface area contributed by atoms with Gasteiger partial charge in [-0.2, -0.15) is 0 Å². The molecule has 0 atom stereocenters. The topological polar surface area (TPSA) is 85.9 Å². The van der Waals surface area contributed by atoms with Crippen LogP contribution in [0, 0.1) is 0 Å². The molecular formula is C23H24N6O. The number of amides is 2. The molecule has 3 N–H and O–H groups in total. The molecule has 0 fully saturated rings. The number of hydrogen-bond donors (Lipinski definition) is 3. The maximum absolute atomic E-state index is 12.7. The molecular weight excluding hydrogens is 376 g/mol. The number of benzene rings is 1. The Labute approximate surface area is 175 Å². The fourth-order valence-electron chi connectivity index (χ4n) is 3.22. The Morgan fingerprint density at radius 3 is 2.83 bits per heavy atom. The van der Waals surface area contributed by atoms with Crippen LogP contribution in [0.15, 0.2) is 78.9 Å². The first-order valence-electron chi connectivity index (χ1n) is 9.89. The zero-order valence-corrected chi connectivity index (χ0v) is 16.8. The standard InChI is InChI=1S/C23H24N6O/c1-17-6-5-13-29(15-17)23(30)28-21-10-9-20(18-7-3-2-4-8-18)27-22(21)25-12-11-19-14-24-16-26-19/h2-10,14-16H,11-13H2,1H3,(H,24,26)(H,25,27)(H,28,30). The summed E-state index contributed by atoms with van der Waals surface area (Å²) in [4.78, 5) is 26.3. The summed E-state index contributed by atoms with van der Waals surface area (Å²) in [5.41, 5.74) is 4.57. The SMILES string of the molecule is CC1=CN(C(=O)Nc2ccc(-c3ccccc3)nc2NCCc2cnc[nH]2)CC=C1. The first-order valence-corrected chi connectivity index (χ1v) is 9.89. The number of hydrogen-bond acceptors (Lipinski definition) is 4. The highest BCUT2D eigenvalue weighted by Gasteiger charge is 2.15. The van der Waals surface area contributed by atoms with Crippen LogP contribution in [0.1, 0.15) is 12.6 Å². The smallest absolute Gasteiger partial charge is 0.326 e. The van der Waals surface area contributed by atoms with E-state index >= 15 is 0 Å². The number of imidazole rings is 1. The van der Waals surface area contributed by atoms with Crippen LogP contribution in [0.3, 0.4) is 0 Å². The largest absolute Gasteiger partial charge is 0.368 e. The van der Waals surface area contributed by atoms with Crippen LogP contribution in [-0.2, 0) is 6.42 Å². The molecule has 2 amide bonds. The minimum Gasteiger partial charge on any atom is -0.368 e. The van der Waals surface area contributed by atoms with E-state index in [9.17, 15) is 4.79 Å². The molecule has 7 nitrogen and oxygen atoms in total. The van der Waals surface area contributed by atoms with Crippen molar-refractivity contribution >= 4 is 17.5 Å². The average Bonchev–Trinajstić information content (AvgIpc) is 3.29. The maximum Gasteiger partial charge on any atom is 0.326 e. The Morgan fingerprint density at radius 2 is 2.07 bits per heavy atom. The van der Waals surface area contributed by atoms with Gasteiger partial charge in [0.1, 0.15) is 0 Å². The molecule has 0 saturated heterocycles. The van der Waals surface area contributed by atoms with Crippen LogP contribution in [0.5, 0.6) is 0 Å². The first-order chi connectivity index (χ1) is 14.7. The lowest BCUT2D eigenvalue weighted by Crippen LogP contribution is -2.32. The molecule has 0 radical (unpaired) electrons. The first kappa shape index (κ1) is 19.4. The van der Waals surface area contributed by atoms with Gasteiger partial charge in [0.05, 0.1) is 17.7 Å². The van der Waals surface area contributed by atoms with Crippen molar-refractivity contribution in [2.75, 3.05) is 23.7 Å². The third-order valence-electron chi connectivity index (χ3n) is 4.75. The van der Waals surface area contributed by atoms with E-state index in [1.165, 1.54) is 0 Å². The number of rotatable bonds is 6. The molecule has 30 heavy (non-hydrogen) atoms. The lowest BCUT2D eigenvalue weighted by atomic mass is 10.1. The van der Waals surface area contributed by atoms with Crippen LogP contribution < -0.4 is 10.6 Å². The average molecular weight is 400 g/mol. The van der Waals surface area contributed by atoms with E-state index in [1.807, 2.05) is 67.7 Å². The van der Waals surface area contributed by atoms with Crippen molar-refractivity contribution in [1.82, 2.24) is 19.9 Å². The van der Waals surface area contributed by atoms with Crippen molar-refractivity contribution in [2.45, 2.75) is 13.3 Å². The molecule has 4 rings (SSSR count). The number of urea groups is 1. The van der Waals surface area contributed by atoms with Crippen LogP contribution >= 0.6 is 0 Å². The highest BCUT2D eigenvalue weighted by molar-refractivity contribution is 5.93. The minimum absolute atomic E-state index is 0.190. The van der Waals surface area contributed by atoms with Crippen molar-refractivity contribution in [3.63, 3.8) is 0 Å². The number of nitrogens with zero attached hydrogens (tertiary/aromatic N) is 3. The third kappa shape index (κ3) is 4.75. The molecule has 152 valence electrons. The molecule has 1 aromatic carbocycles. The molecule has 7 heteroatoms. The van der Waals surface area contributed by atoms with Gasteiger partial charge >= 0.3 is 6.03 Å². The Hall–Kier alpha value is -3.87. The quantitative estimate of drug-likeness (QED) is 0.571. The Kier molecular flexibility index (Phi) is 5.89. The van der Waals surface area contributed by atoms with Crippen molar-refractivity contribution < 1.29 is 4.79 Å².